The average Bonchev–Trinajstić information content (AvgIpc) is 2.94. The molecule has 3 aromatic carbocycles. The molecule has 0 spiro atoms. The lowest BCUT2D eigenvalue weighted by Crippen LogP contribution is -2.10. The van der Waals surface area contributed by atoms with Crippen molar-refractivity contribution in [3.05, 3.63) is 83.9 Å². The van der Waals surface area contributed by atoms with Crippen molar-refractivity contribution in [3.63, 3.8) is 0 Å². The summed E-state index contributed by atoms with van der Waals surface area (Å²) >= 11 is 0. The summed E-state index contributed by atoms with van der Waals surface area (Å²) in [5, 5.41) is 17.6. The van der Waals surface area contributed by atoms with Crippen LogP contribution >= 0.6 is 0 Å². The van der Waals surface area contributed by atoms with Crippen molar-refractivity contribution in [3.8, 4) is 23.0 Å². The monoisotopic (exact) mass is 522 g/mol. The maximum atomic E-state index is 12.5. The number of aliphatic hydroxyl groups is 2. The Morgan fingerprint density at radius 3 is 1.24 bits per heavy atom. The summed E-state index contributed by atoms with van der Waals surface area (Å²) in [6.45, 7) is 1.43. The summed E-state index contributed by atoms with van der Waals surface area (Å²) in [7, 11) is 0. The number of unbranched alkanes of at least 4 members (excludes halogenated alkanes) is 4. The molecule has 0 bridgehead atoms. The average molecular weight is 523 g/mol. The molecule has 0 saturated heterocycles. The van der Waals surface area contributed by atoms with Crippen LogP contribution < -0.4 is 18.9 Å². The molecule has 0 aliphatic heterocycles. The third-order valence-electron chi connectivity index (χ3n) is 5.57. The lowest BCUT2D eigenvalue weighted by atomic mass is 10.2. The molecule has 8 nitrogen and oxygen atoms in total. The van der Waals surface area contributed by atoms with Crippen LogP contribution in [0, 0.1) is 0 Å². The molecule has 0 heterocycles. The molecule has 38 heavy (non-hydrogen) atoms. The van der Waals surface area contributed by atoms with E-state index in [9.17, 15) is 9.59 Å². The Hall–Kier alpha value is -3.88. The minimum absolute atomic E-state index is 0.135. The van der Waals surface area contributed by atoms with E-state index in [0.717, 1.165) is 32.1 Å². The van der Waals surface area contributed by atoms with Crippen molar-refractivity contribution in [2.24, 2.45) is 0 Å². The van der Waals surface area contributed by atoms with Gasteiger partial charge in [0, 0.05) is 13.2 Å². The van der Waals surface area contributed by atoms with Crippen LogP contribution in [0.3, 0.4) is 0 Å². The zero-order valence-corrected chi connectivity index (χ0v) is 21.3. The molecule has 0 radical (unpaired) electrons. The smallest absolute Gasteiger partial charge is 0.343 e. The molecular formula is C30H34O8. The first-order valence-corrected chi connectivity index (χ1v) is 12.8. The van der Waals surface area contributed by atoms with Gasteiger partial charge in [-0.15, -0.1) is 0 Å². The highest BCUT2D eigenvalue weighted by molar-refractivity contribution is 5.92. The van der Waals surface area contributed by atoms with E-state index in [1.165, 1.54) is 0 Å². The van der Waals surface area contributed by atoms with Gasteiger partial charge < -0.3 is 29.2 Å². The van der Waals surface area contributed by atoms with Crippen LogP contribution in [-0.4, -0.2) is 48.6 Å². The van der Waals surface area contributed by atoms with Crippen molar-refractivity contribution in [2.75, 3.05) is 26.4 Å². The van der Waals surface area contributed by atoms with Crippen molar-refractivity contribution in [1.82, 2.24) is 0 Å². The predicted octanol–water partition coefficient (Wildman–Crippen LogP) is 5.21. The second-order valence-electron chi connectivity index (χ2n) is 8.56. The van der Waals surface area contributed by atoms with Gasteiger partial charge in [-0.25, -0.2) is 9.59 Å². The number of carbonyl (C=O) groups is 2. The molecule has 0 fully saturated rings. The molecule has 202 valence electrons. The Bertz CT molecular complexity index is 1110. The quantitative estimate of drug-likeness (QED) is 0.150. The van der Waals surface area contributed by atoms with Crippen LogP contribution in [0.15, 0.2) is 72.8 Å². The fourth-order valence-corrected chi connectivity index (χ4v) is 3.44. The normalized spacial score (nSPS) is 10.6. The molecule has 0 unspecified atom stereocenters. The van der Waals surface area contributed by atoms with Gasteiger partial charge in [0.25, 0.3) is 0 Å². The zero-order valence-electron chi connectivity index (χ0n) is 21.3. The second kappa shape index (κ2) is 16.1. The molecule has 3 rings (SSSR count). The number of aliphatic hydroxyl groups excluding tert-OH is 2. The van der Waals surface area contributed by atoms with E-state index in [-0.39, 0.29) is 13.2 Å². The van der Waals surface area contributed by atoms with Crippen molar-refractivity contribution in [1.29, 1.82) is 0 Å². The summed E-state index contributed by atoms with van der Waals surface area (Å²) in [5.41, 5.74) is 0.758. The highest BCUT2D eigenvalue weighted by atomic mass is 16.5. The highest BCUT2D eigenvalue weighted by Crippen LogP contribution is 2.21. The zero-order chi connectivity index (χ0) is 27.0. The van der Waals surface area contributed by atoms with E-state index in [1.807, 2.05) is 0 Å². The van der Waals surface area contributed by atoms with Gasteiger partial charge in [0.15, 0.2) is 0 Å². The van der Waals surface area contributed by atoms with Crippen molar-refractivity contribution >= 4 is 11.9 Å². The molecular weight excluding hydrogens is 488 g/mol. The van der Waals surface area contributed by atoms with Crippen LogP contribution in [0.25, 0.3) is 0 Å². The lowest BCUT2D eigenvalue weighted by molar-refractivity contribution is 0.0719. The standard InChI is InChI=1S/C30H34O8/c31-19-3-1-2-5-21-35-25-11-7-23(8-12-25)29(33)37-27-15-17-28(18-16-27)38-30(34)24-9-13-26(14-10-24)36-22-6-4-20-32/h7-18,31-32H,1-6,19-22H2. The fraction of sp³-hybridized carbons (Fsp3) is 0.333. The molecule has 0 aliphatic carbocycles. The maximum absolute atomic E-state index is 12.5. The van der Waals surface area contributed by atoms with Crippen LogP contribution in [-0.2, 0) is 0 Å². The molecule has 0 amide bonds. The van der Waals surface area contributed by atoms with Gasteiger partial charge in [-0.05, 0) is 105 Å². The van der Waals surface area contributed by atoms with E-state index in [4.69, 9.17) is 29.2 Å². The van der Waals surface area contributed by atoms with Gasteiger partial charge in [0.1, 0.15) is 23.0 Å². The molecule has 8 heteroatoms. The topological polar surface area (TPSA) is 112 Å². The molecule has 0 atom stereocenters. The van der Waals surface area contributed by atoms with E-state index >= 15 is 0 Å². The van der Waals surface area contributed by atoms with Gasteiger partial charge in [-0.3, -0.25) is 0 Å². The van der Waals surface area contributed by atoms with Gasteiger partial charge in [0.2, 0.25) is 0 Å². The lowest BCUT2D eigenvalue weighted by Gasteiger charge is -2.09. The number of hydrogen-bond donors (Lipinski definition) is 2. The number of esters is 2. The van der Waals surface area contributed by atoms with E-state index in [0.29, 0.717) is 53.8 Å². The van der Waals surface area contributed by atoms with Gasteiger partial charge >= 0.3 is 11.9 Å². The summed E-state index contributed by atoms with van der Waals surface area (Å²) < 4.78 is 22.0. The van der Waals surface area contributed by atoms with Crippen LogP contribution in [0.4, 0.5) is 0 Å². The van der Waals surface area contributed by atoms with Crippen LogP contribution in [0.2, 0.25) is 0 Å². The first kappa shape index (κ1) is 28.7. The van der Waals surface area contributed by atoms with Crippen molar-refractivity contribution in [2.45, 2.75) is 38.5 Å². The highest BCUT2D eigenvalue weighted by Gasteiger charge is 2.12. The first-order valence-electron chi connectivity index (χ1n) is 12.8. The van der Waals surface area contributed by atoms with Gasteiger partial charge in [0.05, 0.1) is 24.3 Å². The number of hydrogen-bond acceptors (Lipinski definition) is 8. The SMILES string of the molecule is O=C(Oc1ccc(OC(=O)c2ccc(OCCCCCCO)cc2)cc1)c1ccc(OCCCCO)cc1. The number of ether oxygens (including phenoxy) is 4. The summed E-state index contributed by atoms with van der Waals surface area (Å²) in [6, 6.07) is 19.6. The van der Waals surface area contributed by atoms with Gasteiger partial charge in [-0.2, -0.15) is 0 Å². The molecule has 3 aromatic rings. The first-order chi connectivity index (χ1) is 18.6. The van der Waals surface area contributed by atoms with Gasteiger partial charge in [-0.1, -0.05) is 6.42 Å². The Kier molecular flexibility index (Phi) is 12.1. The van der Waals surface area contributed by atoms with E-state index in [2.05, 4.69) is 0 Å². The van der Waals surface area contributed by atoms with E-state index < -0.39 is 11.9 Å². The Morgan fingerprint density at radius 2 is 0.816 bits per heavy atom. The number of rotatable bonds is 16. The Labute approximate surface area is 222 Å². The third-order valence-corrected chi connectivity index (χ3v) is 5.57. The largest absolute Gasteiger partial charge is 0.494 e. The number of benzene rings is 3. The maximum Gasteiger partial charge on any atom is 0.343 e. The Morgan fingerprint density at radius 1 is 0.474 bits per heavy atom. The second-order valence-corrected chi connectivity index (χ2v) is 8.56. The number of carbonyl (C=O) groups excluding carboxylic acids is 2. The van der Waals surface area contributed by atoms with E-state index in [1.54, 1.807) is 72.8 Å². The minimum atomic E-state index is -0.519. The predicted molar refractivity (Wildman–Crippen MR) is 142 cm³/mol. The summed E-state index contributed by atoms with van der Waals surface area (Å²) in [4.78, 5) is 24.9. The minimum Gasteiger partial charge on any atom is -0.494 e. The third kappa shape index (κ3) is 9.88. The molecule has 2 N–H and O–H groups in total. The van der Waals surface area contributed by atoms with Crippen molar-refractivity contribution < 1.29 is 38.7 Å². The molecule has 0 saturated carbocycles. The summed E-state index contributed by atoms with van der Waals surface area (Å²) in [5.74, 6) is 0.920. The summed E-state index contributed by atoms with van der Waals surface area (Å²) in [6.07, 6.45) is 5.12. The fourth-order valence-electron chi connectivity index (χ4n) is 3.44. The van der Waals surface area contributed by atoms with Crippen LogP contribution in [0.5, 0.6) is 23.0 Å². The molecule has 0 aliphatic rings. The molecule has 0 aromatic heterocycles. The Balaban J connectivity index is 1.43. The van der Waals surface area contributed by atoms with Crippen LogP contribution in [0.1, 0.15) is 59.2 Å².